The Morgan fingerprint density at radius 3 is 2.90 bits per heavy atom. The van der Waals surface area contributed by atoms with Crippen molar-refractivity contribution in [1.29, 1.82) is 0 Å². The molecule has 5 nitrogen and oxygen atoms in total. The molecule has 3 heterocycles. The highest BCUT2D eigenvalue weighted by Gasteiger charge is 2.23. The van der Waals surface area contributed by atoms with E-state index in [1.165, 1.54) is 17.1 Å². The number of aryl methyl sites for hydroxylation is 2. The predicted molar refractivity (Wildman–Crippen MR) is 89.1 cm³/mol. The second-order valence-electron chi connectivity index (χ2n) is 5.32. The molecule has 2 aromatic rings. The Bertz CT molecular complexity index is 692. The van der Waals surface area contributed by atoms with Gasteiger partial charge < -0.3 is 11.1 Å². The molecule has 0 radical (unpaired) electrons. The second kappa shape index (κ2) is 5.81. The molecule has 1 saturated heterocycles. The number of nitrogen functional groups attached to an aromatic ring is 1. The van der Waals surface area contributed by atoms with Crippen LogP contribution in [0.1, 0.15) is 33.8 Å². The lowest BCUT2D eigenvalue weighted by molar-refractivity contribution is 0.0943. The van der Waals surface area contributed by atoms with Crippen LogP contribution >= 0.6 is 23.1 Å². The van der Waals surface area contributed by atoms with Crippen molar-refractivity contribution in [2.45, 2.75) is 32.7 Å². The van der Waals surface area contributed by atoms with Crippen molar-refractivity contribution in [3.05, 3.63) is 16.1 Å². The minimum absolute atomic E-state index is 0.0833. The molecule has 0 bridgehead atoms. The largest absolute Gasteiger partial charge is 0.397 e. The SMILES string of the molecule is Cc1nnc2sc(C(=O)NC3CCCSC3)c(N)c2c1C. The number of aromatic nitrogens is 2. The highest BCUT2D eigenvalue weighted by Crippen LogP contribution is 2.35. The molecule has 0 spiro atoms. The van der Waals surface area contributed by atoms with E-state index in [9.17, 15) is 4.79 Å². The molecular formula is C14H18N4OS2. The van der Waals surface area contributed by atoms with E-state index in [0.717, 1.165) is 40.1 Å². The Morgan fingerprint density at radius 2 is 2.19 bits per heavy atom. The Labute approximate surface area is 131 Å². The van der Waals surface area contributed by atoms with Gasteiger partial charge in [0.15, 0.2) is 0 Å². The van der Waals surface area contributed by atoms with Gasteiger partial charge in [-0.15, -0.1) is 16.4 Å². The fraction of sp³-hybridized carbons (Fsp3) is 0.500. The van der Waals surface area contributed by atoms with E-state index in [0.29, 0.717) is 10.6 Å². The molecule has 0 aromatic carbocycles. The van der Waals surface area contributed by atoms with Crippen LogP contribution in [0, 0.1) is 13.8 Å². The summed E-state index contributed by atoms with van der Waals surface area (Å²) < 4.78 is 0. The summed E-state index contributed by atoms with van der Waals surface area (Å²) >= 11 is 3.21. The maximum Gasteiger partial charge on any atom is 0.263 e. The predicted octanol–water partition coefficient (Wildman–Crippen LogP) is 2.52. The Hall–Kier alpha value is -1.34. The van der Waals surface area contributed by atoms with Gasteiger partial charge in [0.2, 0.25) is 0 Å². The Morgan fingerprint density at radius 1 is 1.38 bits per heavy atom. The highest BCUT2D eigenvalue weighted by atomic mass is 32.2. The molecule has 1 aliphatic rings. The highest BCUT2D eigenvalue weighted by molar-refractivity contribution is 7.99. The van der Waals surface area contributed by atoms with Crippen LogP contribution in [0.15, 0.2) is 0 Å². The van der Waals surface area contributed by atoms with Crippen molar-refractivity contribution in [1.82, 2.24) is 15.5 Å². The van der Waals surface area contributed by atoms with Crippen LogP contribution in [0.3, 0.4) is 0 Å². The lowest BCUT2D eigenvalue weighted by Gasteiger charge is -2.22. The van der Waals surface area contributed by atoms with Crippen LogP contribution in [0.2, 0.25) is 0 Å². The number of hydrogen-bond donors (Lipinski definition) is 2. The topological polar surface area (TPSA) is 80.9 Å². The number of amides is 1. The van der Waals surface area contributed by atoms with E-state index in [1.54, 1.807) is 0 Å². The van der Waals surface area contributed by atoms with Gasteiger partial charge in [-0.05, 0) is 38.0 Å². The van der Waals surface area contributed by atoms with Crippen LogP contribution in [-0.4, -0.2) is 33.7 Å². The first-order valence-corrected chi connectivity index (χ1v) is 8.95. The maximum atomic E-state index is 12.5. The molecule has 0 aliphatic carbocycles. The van der Waals surface area contributed by atoms with E-state index >= 15 is 0 Å². The van der Waals surface area contributed by atoms with Crippen molar-refractivity contribution in [2.75, 3.05) is 17.2 Å². The average molecular weight is 322 g/mol. The van der Waals surface area contributed by atoms with E-state index in [2.05, 4.69) is 15.5 Å². The van der Waals surface area contributed by atoms with Crippen molar-refractivity contribution in [3.8, 4) is 0 Å². The fourth-order valence-corrected chi connectivity index (χ4v) is 4.59. The summed E-state index contributed by atoms with van der Waals surface area (Å²) in [6.45, 7) is 3.87. The number of anilines is 1. The summed E-state index contributed by atoms with van der Waals surface area (Å²) in [6.07, 6.45) is 2.20. The van der Waals surface area contributed by atoms with Crippen molar-refractivity contribution < 1.29 is 4.79 Å². The van der Waals surface area contributed by atoms with Crippen LogP contribution in [0.4, 0.5) is 5.69 Å². The number of nitrogens with zero attached hydrogens (tertiary/aromatic N) is 2. The molecule has 1 unspecified atom stereocenters. The van der Waals surface area contributed by atoms with Crippen molar-refractivity contribution in [2.24, 2.45) is 0 Å². The number of hydrogen-bond acceptors (Lipinski definition) is 6. The third kappa shape index (κ3) is 2.72. The van der Waals surface area contributed by atoms with Gasteiger partial charge in [0.25, 0.3) is 5.91 Å². The standard InChI is InChI=1S/C14H18N4OS2/c1-7-8(2)17-18-14-10(7)11(15)12(21-14)13(19)16-9-4-3-5-20-6-9/h9H,3-6,15H2,1-2H3,(H,16,19). The number of fused-ring (bicyclic) bond motifs is 1. The molecule has 2 aromatic heterocycles. The van der Waals surface area contributed by atoms with E-state index in [1.807, 2.05) is 25.6 Å². The molecule has 112 valence electrons. The molecule has 1 atom stereocenters. The molecule has 21 heavy (non-hydrogen) atoms. The van der Waals surface area contributed by atoms with Gasteiger partial charge in [-0.3, -0.25) is 4.79 Å². The first-order chi connectivity index (χ1) is 10.1. The van der Waals surface area contributed by atoms with Gasteiger partial charge in [0, 0.05) is 17.2 Å². The van der Waals surface area contributed by atoms with E-state index in [-0.39, 0.29) is 11.9 Å². The molecule has 7 heteroatoms. The second-order valence-corrected chi connectivity index (χ2v) is 7.47. The van der Waals surface area contributed by atoms with E-state index < -0.39 is 0 Å². The minimum atomic E-state index is -0.0833. The van der Waals surface area contributed by atoms with Gasteiger partial charge >= 0.3 is 0 Å². The van der Waals surface area contributed by atoms with Crippen molar-refractivity contribution in [3.63, 3.8) is 0 Å². The van der Waals surface area contributed by atoms with Gasteiger partial charge in [-0.25, -0.2) is 0 Å². The molecule has 1 fully saturated rings. The normalized spacial score (nSPS) is 18.9. The zero-order valence-corrected chi connectivity index (χ0v) is 13.7. The number of nitrogens with one attached hydrogen (secondary N) is 1. The monoisotopic (exact) mass is 322 g/mol. The van der Waals surface area contributed by atoms with Gasteiger partial charge in [-0.1, -0.05) is 0 Å². The van der Waals surface area contributed by atoms with E-state index in [4.69, 9.17) is 5.73 Å². The quantitative estimate of drug-likeness (QED) is 0.888. The summed E-state index contributed by atoms with van der Waals surface area (Å²) in [5.74, 6) is 2.08. The number of carbonyl (C=O) groups is 1. The fourth-order valence-electron chi connectivity index (χ4n) is 2.51. The average Bonchev–Trinajstić information content (AvgIpc) is 2.82. The summed E-state index contributed by atoms with van der Waals surface area (Å²) in [5.41, 5.74) is 8.58. The summed E-state index contributed by atoms with van der Waals surface area (Å²) in [6, 6.07) is 0.245. The van der Waals surface area contributed by atoms with Gasteiger partial charge in [-0.2, -0.15) is 16.9 Å². The molecular weight excluding hydrogens is 304 g/mol. The number of rotatable bonds is 2. The number of carbonyl (C=O) groups excluding carboxylic acids is 1. The first-order valence-electron chi connectivity index (χ1n) is 6.98. The summed E-state index contributed by atoms with van der Waals surface area (Å²) in [4.78, 5) is 13.8. The van der Waals surface area contributed by atoms with Crippen LogP contribution in [0.5, 0.6) is 0 Å². The minimum Gasteiger partial charge on any atom is -0.397 e. The number of thiophene rings is 1. The van der Waals surface area contributed by atoms with Gasteiger partial charge in [0.1, 0.15) is 9.71 Å². The maximum absolute atomic E-state index is 12.5. The summed E-state index contributed by atoms with van der Waals surface area (Å²) in [5, 5.41) is 12.2. The zero-order valence-electron chi connectivity index (χ0n) is 12.1. The lowest BCUT2D eigenvalue weighted by atomic mass is 10.1. The van der Waals surface area contributed by atoms with Gasteiger partial charge in [0.05, 0.1) is 11.4 Å². The third-order valence-corrected chi connectivity index (χ3v) is 6.14. The number of thioether (sulfide) groups is 1. The van der Waals surface area contributed by atoms with Crippen molar-refractivity contribution >= 4 is 44.9 Å². The van der Waals surface area contributed by atoms with Crippen LogP contribution in [-0.2, 0) is 0 Å². The van der Waals surface area contributed by atoms with Crippen LogP contribution in [0.25, 0.3) is 10.2 Å². The third-order valence-electron chi connectivity index (χ3n) is 3.84. The molecule has 0 saturated carbocycles. The lowest BCUT2D eigenvalue weighted by Crippen LogP contribution is -2.38. The molecule has 1 aliphatic heterocycles. The molecule has 3 rings (SSSR count). The molecule has 3 N–H and O–H groups in total. The van der Waals surface area contributed by atoms with Crippen LogP contribution < -0.4 is 11.1 Å². The Balaban J connectivity index is 1.91. The number of nitrogens with two attached hydrogens (primary N) is 1. The zero-order chi connectivity index (χ0) is 15.0. The first kappa shape index (κ1) is 14.6. The Kier molecular flexibility index (Phi) is 4.03. The molecule has 1 amide bonds. The summed E-state index contributed by atoms with van der Waals surface area (Å²) in [7, 11) is 0. The smallest absolute Gasteiger partial charge is 0.263 e.